The van der Waals surface area contributed by atoms with Crippen molar-refractivity contribution in [2.75, 3.05) is 39.8 Å². The van der Waals surface area contributed by atoms with Crippen molar-refractivity contribution in [2.45, 2.75) is 51.1 Å². The molecule has 0 aliphatic carbocycles. The number of rotatable bonds is 5. The Morgan fingerprint density at radius 1 is 1.38 bits per heavy atom. The number of hydrogen-bond donors (Lipinski definition) is 1. The molecule has 21 heavy (non-hydrogen) atoms. The number of carbonyl (C=O) groups is 1. The summed E-state index contributed by atoms with van der Waals surface area (Å²) in [6, 6.07) is 0.754. The molecular weight excluding hydrogens is 266 g/mol. The van der Waals surface area contributed by atoms with Crippen LogP contribution in [0.2, 0.25) is 0 Å². The van der Waals surface area contributed by atoms with Crippen molar-refractivity contribution in [1.82, 2.24) is 9.80 Å². The lowest BCUT2D eigenvalue weighted by atomic mass is 9.84. The van der Waals surface area contributed by atoms with Gasteiger partial charge in [0.05, 0.1) is 6.61 Å². The van der Waals surface area contributed by atoms with E-state index in [-0.39, 0.29) is 5.97 Å². The monoisotopic (exact) mass is 297 g/mol. The van der Waals surface area contributed by atoms with Gasteiger partial charge in [0, 0.05) is 19.1 Å². The van der Waals surface area contributed by atoms with E-state index in [1.807, 2.05) is 6.92 Å². The van der Waals surface area contributed by atoms with Crippen LogP contribution < -0.4 is 5.73 Å². The molecule has 3 unspecified atom stereocenters. The third kappa shape index (κ3) is 4.18. The molecule has 2 aliphatic heterocycles. The van der Waals surface area contributed by atoms with Crippen LogP contribution in [0.5, 0.6) is 0 Å². The van der Waals surface area contributed by atoms with Crippen molar-refractivity contribution in [3.8, 4) is 0 Å². The molecule has 0 amide bonds. The van der Waals surface area contributed by atoms with Crippen LogP contribution in [0, 0.1) is 5.92 Å². The summed E-state index contributed by atoms with van der Waals surface area (Å²) < 4.78 is 5.06. The van der Waals surface area contributed by atoms with Crippen LogP contribution >= 0.6 is 0 Å². The molecule has 2 heterocycles. The Kier molecular flexibility index (Phi) is 5.63. The van der Waals surface area contributed by atoms with Crippen LogP contribution in [-0.2, 0) is 9.53 Å². The Hall–Kier alpha value is -0.650. The van der Waals surface area contributed by atoms with Gasteiger partial charge in [0.2, 0.25) is 0 Å². The molecule has 122 valence electrons. The molecule has 0 saturated carbocycles. The fourth-order valence-electron chi connectivity index (χ4n) is 3.72. The highest BCUT2D eigenvalue weighted by atomic mass is 16.5. The minimum absolute atomic E-state index is 0.280. The number of ether oxygens (including phenoxy) is 1. The van der Waals surface area contributed by atoms with Crippen molar-refractivity contribution in [3.63, 3.8) is 0 Å². The van der Waals surface area contributed by atoms with Gasteiger partial charge in [0.25, 0.3) is 0 Å². The Bertz CT molecular complexity index is 359. The Morgan fingerprint density at radius 2 is 2.14 bits per heavy atom. The number of nitrogens with zero attached hydrogens (tertiary/aromatic N) is 2. The summed E-state index contributed by atoms with van der Waals surface area (Å²) in [5, 5.41) is 0. The van der Waals surface area contributed by atoms with Gasteiger partial charge in [-0.05, 0) is 65.6 Å². The summed E-state index contributed by atoms with van der Waals surface area (Å²) in [6.45, 7) is 8.39. The van der Waals surface area contributed by atoms with E-state index in [0.29, 0.717) is 13.0 Å². The second-order valence-electron chi connectivity index (χ2n) is 6.93. The van der Waals surface area contributed by atoms with E-state index in [4.69, 9.17) is 10.5 Å². The molecule has 2 saturated heterocycles. The number of fused-ring (bicyclic) bond motifs is 1. The molecule has 5 nitrogen and oxygen atoms in total. The average Bonchev–Trinajstić information content (AvgIpc) is 2.45. The molecule has 0 bridgehead atoms. The van der Waals surface area contributed by atoms with Gasteiger partial charge in [-0.3, -0.25) is 4.79 Å². The highest BCUT2D eigenvalue weighted by Gasteiger charge is 2.36. The zero-order valence-electron chi connectivity index (χ0n) is 13.8. The zero-order chi connectivity index (χ0) is 15.5. The molecule has 2 aliphatic rings. The van der Waals surface area contributed by atoms with Crippen molar-refractivity contribution in [2.24, 2.45) is 11.7 Å². The van der Waals surface area contributed by atoms with E-state index in [1.165, 1.54) is 25.8 Å². The summed E-state index contributed by atoms with van der Waals surface area (Å²) in [6.07, 6.45) is 4.55. The zero-order valence-corrected chi connectivity index (χ0v) is 13.8. The van der Waals surface area contributed by atoms with Gasteiger partial charge >= 0.3 is 5.97 Å². The second kappa shape index (κ2) is 7.07. The molecular formula is C16H31N3O2. The molecule has 5 heteroatoms. The van der Waals surface area contributed by atoms with Crippen molar-refractivity contribution in [3.05, 3.63) is 0 Å². The molecule has 0 spiro atoms. The Balaban J connectivity index is 1.81. The van der Waals surface area contributed by atoms with Gasteiger partial charge < -0.3 is 20.3 Å². The smallest absolute Gasteiger partial charge is 0.325 e. The van der Waals surface area contributed by atoms with Crippen LogP contribution in [0.3, 0.4) is 0 Å². The van der Waals surface area contributed by atoms with E-state index in [2.05, 4.69) is 16.8 Å². The largest absolute Gasteiger partial charge is 0.465 e. The standard InChI is InChI=1S/C16H31N3O2/c1-4-21-15(20)16(2,17)8-11-19-10-7-14-13(12-19)6-5-9-18(14)3/h13-14H,4-12,17H2,1-3H3. The van der Waals surface area contributed by atoms with Gasteiger partial charge in [0.15, 0.2) is 0 Å². The highest BCUT2D eigenvalue weighted by molar-refractivity contribution is 5.79. The second-order valence-corrected chi connectivity index (χ2v) is 6.93. The molecule has 3 atom stereocenters. The lowest BCUT2D eigenvalue weighted by Gasteiger charge is -2.46. The van der Waals surface area contributed by atoms with Crippen molar-refractivity contribution in [1.29, 1.82) is 0 Å². The minimum Gasteiger partial charge on any atom is -0.465 e. The van der Waals surface area contributed by atoms with Crippen LogP contribution in [-0.4, -0.2) is 67.2 Å². The molecule has 0 aromatic heterocycles. The van der Waals surface area contributed by atoms with Crippen LogP contribution in [0.1, 0.15) is 39.5 Å². The number of nitrogens with two attached hydrogens (primary N) is 1. The predicted octanol–water partition coefficient (Wildman–Crippen LogP) is 1.07. The maximum atomic E-state index is 11.8. The van der Waals surface area contributed by atoms with Crippen molar-refractivity contribution < 1.29 is 9.53 Å². The fraction of sp³-hybridized carbons (Fsp3) is 0.938. The van der Waals surface area contributed by atoms with Gasteiger partial charge in [0.1, 0.15) is 5.54 Å². The van der Waals surface area contributed by atoms with E-state index in [1.54, 1.807) is 6.92 Å². The quantitative estimate of drug-likeness (QED) is 0.769. The first kappa shape index (κ1) is 16.7. The van der Waals surface area contributed by atoms with Gasteiger partial charge in [-0.15, -0.1) is 0 Å². The minimum atomic E-state index is -0.865. The number of hydrogen-bond acceptors (Lipinski definition) is 5. The average molecular weight is 297 g/mol. The Labute approximate surface area is 128 Å². The number of likely N-dealkylation sites (tertiary alicyclic amines) is 2. The third-order valence-electron chi connectivity index (χ3n) is 5.12. The molecule has 2 rings (SSSR count). The topological polar surface area (TPSA) is 58.8 Å². The fourth-order valence-corrected chi connectivity index (χ4v) is 3.72. The molecule has 0 radical (unpaired) electrons. The summed E-state index contributed by atoms with van der Waals surface area (Å²) in [5.74, 6) is 0.501. The maximum absolute atomic E-state index is 11.8. The summed E-state index contributed by atoms with van der Waals surface area (Å²) in [4.78, 5) is 16.8. The van der Waals surface area contributed by atoms with E-state index in [0.717, 1.165) is 31.6 Å². The molecule has 2 N–H and O–H groups in total. The van der Waals surface area contributed by atoms with Gasteiger partial charge in [-0.2, -0.15) is 0 Å². The van der Waals surface area contributed by atoms with E-state index in [9.17, 15) is 4.79 Å². The van der Waals surface area contributed by atoms with Crippen LogP contribution in [0.25, 0.3) is 0 Å². The van der Waals surface area contributed by atoms with E-state index >= 15 is 0 Å². The number of carbonyl (C=O) groups excluding carboxylic acids is 1. The number of esters is 1. The molecule has 0 aromatic rings. The first-order valence-corrected chi connectivity index (χ1v) is 8.32. The molecule has 2 fully saturated rings. The summed E-state index contributed by atoms with van der Waals surface area (Å²) in [5.41, 5.74) is 5.24. The highest BCUT2D eigenvalue weighted by Crippen LogP contribution is 2.29. The van der Waals surface area contributed by atoms with Crippen LogP contribution in [0.15, 0.2) is 0 Å². The molecule has 0 aromatic carbocycles. The predicted molar refractivity (Wildman–Crippen MR) is 84.0 cm³/mol. The van der Waals surface area contributed by atoms with Crippen LogP contribution in [0.4, 0.5) is 0 Å². The Morgan fingerprint density at radius 3 is 2.86 bits per heavy atom. The lowest BCUT2D eigenvalue weighted by Crippen LogP contribution is -2.54. The lowest BCUT2D eigenvalue weighted by molar-refractivity contribution is -0.149. The first-order chi connectivity index (χ1) is 9.94. The summed E-state index contributed by atoms with van der Waals surface area (Å²) >= 11 is 0. The van der Waals surface area contributed by atoms with Gasteiger partial charge in [-0.25, -0.2) is 0 Å². The number of piperidine rings is 2. The maximum Gasteiger partial charge on any atom is 0.325 e. The normalized spacial score (nSPS) is 30.5. The van der Waals surface area contributed by atoms with Gasteiger partial charge in [-0.1, -0.05) is 0 Å². The van der Waals surface area contributed by atoms with Crippen molar-refractivity contribution >= 4 is 5.97 Å². The summed E-state index contributed by atoms with van der Waals surface area (Å²) in [7, 11) is 2.25. The SMILES string of the molecule is CCOC(=O)C(C)(N)CCN1CCC2C(CCCN2C)C1. The van der Waals surface area contributed by atoms with E-state index < -0.39 is 5.54 Å². The third-order valence-corrected chi connectivity index (χ3v) is 5.12. The first-order valence-electron chi connectivity index (χ1n) is 8.32.